The number of hydrogen-bond donors (Lipinski definition) is 0. The van der Waals surface area contributed by atoms with E-state index in [4.69, 9.17) is 19.4 Å². The summed E-state index contributed by atoms with van der Waals surface area (Å²) in [5, 5.41) is 2.24. The summed E-state index contributed by atoms with van der Waals surface area (Å²) in [6.45, 7) is 0. The van der Waals surface area contributed by atoms with Gasteiger partial charge in [-0.05, 0) is 63.9 Å². The van der Waals surface area contributed by atoms with Crippen LogP contribution in [0.4, 0.5) is 0 Å². The molecule has 0 N–H and O–H groups in total. The molecule has 2 aromatic heterocycles. The molecule has 0 amide bonds. The lowest BCUT2D eigenvalue weighted by atomic mass is 9.98. The molecule has 7 aromatic carbocycles. The van der Waals surface area contributed by atoms with Gasteiger partial charge in [-0.3, -0.25) is 0 Å². The van der Waals surface area contributed by atoms with Crippen LogP contribution >= 0.6 is 0 Å². The Kier molecular flexibility index (Phi) is 7.10. The molecule has 0 fully saturated rings. The predicted octanol–water partition coefficient (Wildman–Crippen LogP) is 11.8. The molecule has 230 valence electrons. The van der Waals surface area contributed by atoms with E-state index >= 15 is 0 Å². The Bertz CT molecular complexity index is 2580. The normalized spacial score (nSPS) is 11.3. The number of oxazole rings is 1. The van der Waals surface area contributed by atoms with Crippen molar-refractivity contribution in [3.05, 3.63) is 176 Å². The lowest BCUT2D eigenvalue weighted by molar-refractivity contribution is 0.620. The maximum Gasteiger partial charge on any atom is 0.227 e. The highest BCUT2D eigenvalue weighted by atomic mass is 16.3. The second-order valence-electron chi connectivity index (χ2n) is 12.1. The average Bonchev–Trinajstić information content (AvgIpc) is 3.63. The second-order valence-corrected chi connectivity index (χ2v) is 12.1. The first kappa shape index (κ1) is 28.6. The molecule has 2 heterocycles. The van der Waals surface area contributed by atoms with Gasteiger partial charge in [0.1, 0.15) is 5.52 Å². The third-order valence-electron chi connectivity index (χ3n) is 8.93. The van der Waals surface area contributed by atoms with E-state index in [0.29, 0.717) is 11.7 Å². The largest absolute Gasteiger partial charge is 0.436 e. The topological polar surface area (TPSA) is 51.8 Å². The summed E-state index contributed by atoms with van der Waals surface area (Å²) in [5.41, 5.74) is 11.9. The van der Waals surface area contributed by atoms with Crippen molar-refractivity contribution in [3.63, 3.8) is 0 Å². The van der Waals surface area contributed by atoms with Gasteiger partial charge in [0.05, 0.1) is 11.4 Å². The van der Waals surface area contributed by atoms with Crippen molar-refractivity contribution in [3.8, 4) is 67.6 Å². The molecule has 0 unspecified atom stereocenters. The molecule has 0 spiro atoms. The molecule has 0 bridgehead atoms. The van der Waals surface area contributed by atoms with E-state index in [9.17, 15) is 0 Å². The fraction of sp³-hybridized carbons (Fsp3) is 0. The zero-order chi connectivity index (χ0) is 32.6. The molecule has 0 saturated heterocycles. The van der Waals surface area contributed by atoms with Gasteiger partial charge in [-0.1, -0.05) is 140 Å². The number of rotatable bonds is 6. The van der Waals surface area contributed by atoms with Gasteiger partial charge in [0.2, 0.25) is 5.89 Å². The van der Waals surface area contributed by atoms with Crippen LogP contribution in [0.3, 0.4) is 0 Å². The summed E-state index contributed by atoms with van der Waals surface area (Å²) < 4.78 is 6.15. The summed E-state index contributed by atoms with van der Waals surface area (Å²) in [6, 6.07) is 60.5. The van der Waals surface area contributed by atoms with Crippen LogP contribution in [0.5, 0.6) is 0 Å². The summed E-state index contributed by atoms with van der Waals surface area (Å²) in [6.07, 6.45) is 0. The molecule has 4 heteroatoms. The minimum absolute atomic E-state index is 0.623. The van der Waals surface area contributed by atoms with Crippen molar-refractivity contribution in [2.45, 2.75) is 0 Å². The highest BCUT2D eigenvalue weighted by molar-refractivity contribution is 5.96. The van der Waals surface area contributed by atoms with E-state index in [1.54, 1.807) is 0 Å². The Labute approximate surface area is 284 Å². The number of para-hydroxylation sites is 1. The van der Waals surface area contributed by atoms with E-state index in [0.717, 1.165) is 66.6 Å². The SMILES string of the molecule is c1ccc(-c2ccc(-c3cc(-c4ccccc4)nc(-c4ccc5cc(-c6cccc7oc(-c8ccccc8)nc67)ccc5c4)n3)cc2)cc1. The number of fused-ring (bicyclic) bond motifs is 2. The molecule has 9 aromatic rings. The maximum absolute atomic E-state index is 6.15. The fourth-order valence-electron chi connectivity index (χ4n) is 6.38. The fourth-order valence-corrected chi connectivity index (χ4v) is 6.38. The van der Waals surface area contributed by atoms with E-state index in [1.165, 1.54) is 11.1 Å². The Balaban J connectivity index is 1.10. The zero-order valence-electron chi connectivity index (χ0n) is 26.5. The third kappa shape index (κ3) is 5.56. The van der Waals surface area contributed by atoms with Crippen LogP contribution < -0.4 is 0 Å². The maximum atomic E-state index is 6.15. The average molecular weight is 628 g/mol. The monoisotopic (exact) mass is 627 g/mol. The van der Waals surface area contributed by atoms with Crippen LogP contribution in [-0.4, -0.2) is 15.0 Å². The predicted molar refractivity (Wildman–Crippen MR) is 200 cm³/mol. The van der Waals surface area contributed by atoms with Gasteiger partial charge in [-0.25, -0.2) is 15.0 Å². The van der Waals surface area contributed by atoms with Crippen molar-refractivity contribution < 1.29 is 4.42 Å². The van der Waals surface area contributed by atoms with Gasteiger partial charge < -0.3 is 4.42 Å². The molecule has 0 atom stereocenters. The van der Waals surface area contributed by atoms with Crippen molar-refractivity contribution in [2.75, 3.05) is 0 Å². The second kappa shape index (κ2) is 12.2. The van der Waals surface area contributed by atoms with Crippen LogP contribution in [0, 0.1) is 0 Å². The lowest BCUT2D eigenvalue weighted by Crippen LogP contribution is -1.96. The van der Waals surface area contributed by atoms with Crippen LogP contribution in [-0.2, 0) is 0 Å². The quantitative estimate of drug-likeness (QED) is 0.184. The smallest absolute Gasteiger partial charge is 0.227 e. The van der Waals surface area contributed by atoms with Gasteiger partial charge in [0.15, 0.2) is 11.4 Å². The van der Waals surface area contributed by atoms with Gasteiger partial charge in [0, 0.05) is 27.8 Å². The van der Waals surface area contributed by atoms with Crippen LogP contribution in [0.15, 0.2) is 180 Å². The van der Waals surface area contributed by atoms with E-state index in [-0.39, 0.29) is 0 Å². The zero-order valence-corrected chi connectivity index (χ0v) is 26.5. The van der Waals surface area contributed by atoms with E-state index < -0.39 is 0 Å². The number of aromatic nitrogens is 3. The van der Waals surface area contributed by atoms with Crippen molar-refractivity contribution in [1.82, 2.24) is 15.0 Å². The van der Waals surface area contributed by atoms with E-state index in [1.807, 2.05) is 66.7 Å². The minimum atomic E-state index is 0.623. The lowest BCUT2D eigenvalue weighted by Gasteiger charge is -2.11. The molecular formula is C45H29N3O. The molecule has 9 rings (SSSR count). The molecule has 4 nitrogen and oxygen atoms in total. The molecule has 49 heavy (non-hydrogen) atoms. The molecule has 0 aliphatic heterocycles. The highest BCUT2D eigenvalue weighted by Gasteiger charge is 2.15. The Morgan fingerprint density at radius 1 is 0.347 bits per heavy atom. The van der Waals surface area contributed by atoms with Gasteiger partial charge in [-0.2, -0.15) is 0 Å². The standard InChI is InChI=1S/C45H29N3O/c1-4-11-30(12-5-1)31-19-21-33(22-20-31)41-29-40(32-13-6-2-7-14-32)46-44(47-41)38-26-24-35-27-37(25-23-36(35)28-38)39-17-10-18-42-43(39)48-45(49-42)34-15-8-3-9-16-34/h1-29H. The molecule has 0 radical (unpaired) electrons. The molecular weight excluding hydrogens is 599 g/mol. The van der Waals surface area contributed by atoms with Gasteiger partial charge in [-0.15, -0.1) is 0 Å². The molecule has 0 aliphatic rings. The van der Waals surface area contributed by atoms with Gasteiger partial charge in [0.25, 0.3) is 0 Å². The van der Waals surface area contributed by atoms with Crippen LogP contribution in [0.2, 0.25) is 0 Å². The first-order valence-corrected chi connectivity index (χ1v) is 16.4. The van der Waals surface area contributed by atoms with Crippen LogP contribution in [0.1, 0.15) is 0 Å². The first-order valence-electron chi connectivity index (χ1n) is 16.4. The number of nitrogens with zero attached hydrogens (tertiary/aromatic N) is 3. The Hall–Kier alpha value is -6.65. The summed E-state index contributed by atoms with van der Waals surface area (Å²) in [7, 11) is 0. The van der Waals surface area contributed by atoms with Crippen molar-refractivity contribution in [2.24, 2.45) is 0 Å². The first-order chi connectivity index (χ1) is 24.2. The third-order valence-corrected chi connectivity index (χ3v) is 8.93. The minimum Gasteiger partial charge on any atom is -0.436 e. The van der Waals surface area contributed by atoms with Gasteiger partial charge >= 0.3 is 0 Å². The summed E-state index contributed by atoms with van der Waals surface area (Å²) in [5.74, 6) is 1.31. The van der Waals surface area contributed by atoms with E-state index in [2.05, 4.69) is 109 Å². The summed E-state index contributed by atoms with van der Waals surface area (Å²) in [4.78, 5) is 15.1. The number of benzene rings is 7. The molecule has 0 aliphatic carbocycles. The Morgan fingerprint density at radius 2 is 0.857 bits per heavy atom. The molecule has 0 saturated carbocycles. The van der Waals surface area contributed by atoms with Crippen LogP contribution in [0.25, 0.3) is 89.5 Å². The van der Waals surface area contributed by atoms with Crippen molar-refractivity contribution in [1.29, 1.82) is 0 Å². The van der Waals surface area contributed by atoms with Crippen molar-refractivity contribution >= 4 is 21.9 Å². The Morgan fingerprint density at radius 3 is 1.53 bits per heavy atom. The summed E-state index contributed by atoms with van der Waals surface area (Å²) >= 11 is 0. The highest BCUT2D eigenvalue weighted by Crippen LogP contribution is 2.35. The number of hydrogen-bond acceptors (Lipinski definition) is 4.